The second kappa shape index (κ2) is 6.92. The number of ether oxygens (including phenoxy) is 1. The summed E-state index contributed by atoms with van der Waals surface area (Å²) in [4.78, 5) is 24.2. The van der Waals surface area contributed by atoms with E-state index in [1.807, 2.05) is 0 Å². The highest BCUT2D eigenvalue weighted by Gasteiger charge is 2.17. The van der Waals surface area contributed by atoms with Gasteiger partial charge in [-0.3, -0.25) is 4.79 Å². The van der Waals surface area contributed by atoms with Crippen molar-refractivity contribution in [1.29, 1.82) is 0 Å². The normalized spacial score (nSPS) is 16.7. The lowest BCUT2D eigenvalue weighted by Crippen LogP contribution is -2.27. The number of anilines is 1. The molecule has 21 heavy (non-hydrogen) atoms. The molecule has 1 N–H and O–H groups in total. The van der Waals surface area contributed by atoms with Gasteiger partial charge in [0.25, 0.3) is 0 Å². The Bertz CT molecular complexity index is 536. The summed E-state index contributed by atoms with van der Waals surface area (Å²) in [6.07, 6.45) is 6.84. The molecule has 0 unspecified atom stereocenters. The standard InChI is InChI=1S/C16H19NO4/c1-17(15(18)10-12-4-2-3-5-12)13-6-8-14(9-7-13)21-11-16(19)20/h2,4,6-9,12H,3,5,10-11H2,1H3,(H,19,20)/t12-/m0/s1. The fraction of sp³-hybridized carbons (Fsp3) is 0.375. The summed E-state index contributed by atoms with van der Waals surface area (Å²) < 4.78 is 5.06. The molecule has 5 heteroatoms. The number of benzene rings is 1. The zero-order valence-electron chi connectivity index (χ0n) is 12.0. The van der Waals surface area contributed by atoms with Crippen LogP contribution in [0.3, 0.4) is 0 Å². The van der Waals surface area contributed by atoms with Gasteiger partial charge in [0.1, 0.15) is 5.75 Å². The first kappa shape index (κ1) is 15.1. The molecule has 112 valence electrons. The second-order valence-corrected chi connectivity index (χ2v) is 5.10. The Morgan fingerprint density at radius 2 is 2.05 bits per heavy atom. The van der Waals surface area contributed by atoms with E-state index in [1.165, 1.54) is 0 Å². The van der Waals surface area contributed by atoms with Crippen LogP contribution in [-0.4, -0.2) is 30.6 Å². The van der Waals surface area contributed by atoms with Crippen LogP contribution in [0.4, 0.5) is 5.69 Å². The van der Waals surface area contributed by atoms with Crippen molar-refractivity contribution >= 4 is 17.6 Å². The molecule has 1 atom stereocenters. The summed E-state index contributed by atoms with van der Waals surface area (Å²) in [7, 11) is 1.74. The molecule has 0 saturated carbocycles. The highest BCUT2D eigenvalue weighted by Crippen LogP contribution is 2.24. The Labute approximate surface area is 123 Å². The van der Waals surface area contributed by atoms with Gasteiger partial charge in [-0.25, -0.2) is 4.79 Å². The summed E-state index contributed by atoms with van der Waals surface area (Å²) >= 11 is 0. The van der Waals surface area contributed by atoms with Crippen LogP contribution in [0.1, 0.15) is 19.3 Å². The molecule has 0 fully saturated rings. The summed E-state index contributed by atoms with van der Waals surface area (Å²) in [5.74, 6) is -0.124. The Morgan fingerprint density at radius 3 is 2.62 bits per heavy atom. The maximum absolute atomic E-state index is 12.2. The largest absolute Gasteiger partial charge is 0.482 e. The van der Waals surface area contributed by atoms with Crippen molar-refractivity contribution in [1.82, 2.24) is 0 Å². The van der Waals surface area contributed by atoms with Crippen LogP contribution in [0.25, 0.3) is 0 Å². The van der Waals surface area contributed by atoms with Crippen molar-refractivity contribution in [2.24, 2.45) is 5.92 Å². The van der Waals surface area contributed by atoms with Gasteiger partial charge in [-0.05, 0) is 43.0 Å². The zero-order chi connectivity index (χ0) is 15.2. The van der Waals surface area contributed by atoms with Crippen molar-refractivity contribution in [2.45, 2.75) is 19.3 Å². The average Bonchev–Trinajstić information content (AvgIpc) is 2.97. The van der Waals surface area contributed by atoms with E-state index >= 15 is 0 Å². The average molecular weight is 289 g/mol. The van der Waals surface area contributed by atoms with E-state index in [1.54, 1.807) is 36.2 Å². The number of hydrogen-bond acceptors (Lipinski definition) is 3. The van der Waals surface area contributed by atoms with Crippen molar-refractivity contribution in [2.75, 3.05) is 18.6 Å². The molecule has 1 aromatic carbocycles. The van der Waals surface area contributed by atoms with Crippen LogP contribution in [-0.2, 0) is 9.59 Å². The van der Waals surface area contributed by atoms with E-state index in [0.717, 1.165) is 18.5 Å². The molecule has 1 amide bonds. The maximum atomic E-state index is 12.2. The van der Waals surface area contributed by atoms with Crippen molar-refractivity contribution in [3.8, 4) is 5.75 Å². The number of amides is 1. The topological polar surface area (TPSA) is 66.8 Å². The third-order valence-corrected chi connectivity index (χ3v) is 3.51. The van der Waals surface area contributed by atoms with E-state index in [4.69, 9.17) is 9.84 Å². The number of hydrogen-bond donors (Lipinski definition) is 1. The van der Waals surface area contributed by atoms with Gasteiger partial charge in [-0.15, -0.1) is 0 Å². The monoisotopic (exact) mass is 289 g/mol. The molecule has 0 aromatic heterocycles. The molecule has 0 heterocycles. The molecule has 0 aliphatic heterocycles. The van der Waals surface area contributed by atoms with E-state index in [-0.39, 0.29) is 12.5 Å². The van der Waals surface area contributed by atoms with Crippen molar-refractivity contribution < 1.29 is 19.4 Å². The third-order valence-electron chi connectivity index (χ3n) is 3.51. The van der Waals surface area contributed by atoms with Crippen LogP contribution >= 0.6 is 0 Å². The molecule has 0 radical (unpaired) electrons. The van der Waals surface area contributed by atoms with E-state index in [2.05, 4.69) is 12.2 Å². The number of nitrogens with zero attached hydrogens (tertiary/aromatic N) is 1. The van der Waals surface area contributed by atoms with Gasteiger partial charge in [0.2, 0.25) is 5.91 Å². The van der Waals surface area contributed by atoms with Gasteiger partial charge in [0, 0.05) is 19.2 Å². The van der Waals surface area contributed by atoms with Crippen molar-refractivity contribution in [3.63, 3.8) is 0 Å². The number of carbonyl (C=O) groups is 2. The first-order valence-electron chi connectivity index (χ1n) is 6.94. The Kier molecular flexibility index (Phi) is 4.98. The quantitative estimate of drug-likeness (QED) is 0.817. The summed E-state index contributed by atoms with van der Waals surface area (Å²) in [5.41, 5.74) is 0.768. The molecular weight excluding hydrogens is 270 g/mol. The van der Waals surface area contributed by atoms with Gasteiger partial charge in [-0.2, -0.15) is 0 Å². The van der Waals surface area contributed by atoms with Gasteiger partial charge >= 0.3 is 5.97 Å². The van der Waals surface area contributed by atoms with Crippen LogP contribution in [0.15, 0.2) is 36.4 Å². The number of allylic oxidation sites excluding steroid dienone is 2. The van der Waals surface area contributed by atoms with E-state index < -0.39 is 5.97 Å². The van der Waals surface area contributed by atoms with Gasteiger partial charge in [0.15, 0.2) is 6.61 Å². The smallest absolute Gasteiger partial charge is 0.341 e. The van der Waals surface area contributed by atoms with Crippen LogP contribution < -0.4 is 9.64 Å². The Balaban J connectivity index is 1.92. The summed E-state index contributed by atoms with van der Waals surface area (Å²) in [6, 6.07) is 6.83. The number of rotatable bonds is 6. The zero-order valence-corrected chi connectivity index (χ0v) is 12.0. The first-order chi connectivity index (χ1) is 10.1. The molecule has 2 rings (SSSR count). The SMILES string of the molecule is CN(C(=O)C[C@H]1C=CCC1)c1ccc(OCC(=O)O)cc1. The minimum Gasteiger partial charge on any atom is -0.482 e. The Morgan fingerprint density at radius 1 is 1.33 bits per heavy atom. The molecule has 0 spiro atoms. The lowest BCUT2D eigenvalue weighted by molar-refractivity contribution is -0.139. The molecule has 0 bridgehead atoms. The predicted octanol–water partition coefficient (Wildman–Crippen LogP) is 2.47. The molecule has 0 saturated heterocycles. The van der Waals surface area contributed by atoms with E-state index in [9.17, 15) is 9.59 Å². The molecular formula is C16H19NO4. The molecule has 1 aliphatic carbocycles. The number of carboxylic acid groups (broad SMARTS) is 1. The highest BCUT2D eigenvalue weighted by atomic mass is 16.5. The molecule has 1 aromatic rings. The van der Waals surface area contributed by atoms with Gasteiger partial charge < -0.3 is 14.7 Å². The second-order valence-electron chi connectivity index (χ2n) is 5.10. The fourth-order valence-electron chi connectivity index (χ4n) is 2.28. The number of carboxylic acids is 1. The number of aliphatic carboxylic acids is 1. The number of carbonyl (C=O) groups excluding carboxylic acids is 1. The van der Waals surface area contributed by atoms with Crippen LogP contribution in [0.5, 0.6) is 5.75 Å². The van der Waals surface area contributed by atoms with Crippen LogP contribution in [0, 0.1) is 5.92 Å². The minimum absolute atomic E-state index is 0.0748. The lowest BCUT2D eigenvalue weighted by Gasteiger charge is -2.19. The maximum Gasteiger partial charge on any atom is 0.341 e. The summed E-state index contributed by atoms with van der Waals surface area (Å²) in [5, 5.41) is 8.54. The summed E-state index contributed by atoms with van der Waals surface area (Å²) in [6.45, 7) is -0.373. The van der Waals surface area contributed by atoms with Gasteiger partial charge in [0.05, 0.1) is 0 Å². The first-order valence-corrected chi connectivity index (χ1v) is 6.94. The lowest BCUT2D eigenvalue weighted by atomic mass is 10.0. The fourth-order valence-corrected chi connectivity index (χ4v) is 2.28. The third kappa shape index (κ3) is 4.34. The molecule has 1 aliphatic rings. The van der Waals surface area contributed by atoms with Crippen molar-refractivity contribution in [3.05, 3.63) is 36.4 Å². The predicted molar refractivity (Wildman–Crippen MR) is 79.5 cm³/mol. The van der Waals surface area contributed by atoms with Crippen LogP contribution in [0.2, 0.25) is 0 Å². The van der Waals surface area contributed by atoms with E-state index in [0.29, 0.717) is 18.1 Å². The van der Waals surface area contributed by atoms with Gasteiger partial charge in [-0.1, -0.05) is 12.2 Å². The minimum atomic E-state index is -1.02. The Hall–Kier alpha value is -2.30. The highest BCUT2D eigenvalue weighted by molar-refractivity contribution is 5.93. The molecule has 5 nitrogen and oxygen atoms in total.